The van der Waals surface area contributed by atoms with Crippen LogP contribution >= 0.6 is 11.6 Å². The molecular weight excluding hydrogens is 495 g/mol. The lowest BCUT2D eigenvalue weighted by Crippen LogP contribution is -2.39. The van der Waals surface area contributed by atoms with E-state index in [2.05, 4.69) is 20.7 Å². The number of anilines is 1. The molecule has 4 aromatic rings. The van der Waals surface area contributed by atoms with Crippen molar-refractivity contribution in [3.05, 3.63) is 88.3 Å². The van der Waals surface area contributed by atoms with E-state index >= 15 is 0 Å². The van der Waals surface area contributed by atoms with E-state index in [4.69, 9.17) is 16.3 Å². The average molecular weight is 519 g/mol. The van der Waals surface area contributed by atoms with Crippen LogP contribution < -0.4 is 10.6 Å². The summed E-state index contributed by atoms with van der Waals surface area (Å²) in [5.41, 5.74) is 2.30. The molecular formula is C27H24ClFN6O2. The fourth-order valence-electron chi connectivity index (χ4n) is 4.38. The number of aromatic nitrogens is 3. The van der Waals surface area contributed by atoms with Crippen molar-refractivity contribution in [2.24, 2.45) is 7.05 Å². The van der Waals surface area contributed by atoms with Crippen LogP contribution in [0.3, 0.4) is 0 Å². The smallest absolute Gasteiger partial charge is 0.252 e. The summed E-state index contributed by atoms with van der Waals surface area (Å²) in [7, 11) is 1.79. The molecule has 1 aliphatic rings. The van der Waals surface area contributed by atoms with E-state index < -0.39 is 12.2 Å². The fraction of sp³-hybridized carbons (Fsp3) is 0.259. The Morgan fingerprint density at radius 3 is 2.81 bits per heavy atom. The van der Waals surface area contributed by atoms with Crippen LogP contribution in [0.25, 0.3) is 10.8 Å². The van der Waals surface area contributed by atoms with Gasteiger partial charge in [0, 0.05) is 42.6 Å². The molecule has 0 saturated carbocycles. The maximum atomic E-state index is 14.2. The minimum atomic E-state index is -1.11. The van der Waals surface area contributed by atoms with Crippen LogP contribution in [0.1, 0.15) is 39.5 Å². The molecule has 1 fully saturated rings. The number of benzene rings is 2. The number of nitriles is 1. The molecule has 37 heavy (non-hydrogen) atoms. The molecule has 0 spiro atoms. The maximum absolute atomic E-state index is 14.2. The summed E-state index contributed by atoms with van der Waals surface area (Å²) in [5, 5.41) is 21.6. The second kappa shape index (κ2) is 10.5. The highest BCUT2D eigenvalue weighted by Crippen LogP contribution is 2.27. The standard InChI is InChI=1S/C27H24ClFN6O2/c1-35-14-21(13-32-35)26(16-2-4-18(11-30)22(28)9-16)34-27(36)17-3-5-19-12-31-25(10-20(19)8-17)33-24-6-7-37-15-23(24)29/h2-5,8-10,12-14,23-24,26H,6-7,15H2,1H3,(H,31,33)(H,34,36)/t23-,24+,26+/m1/s1. The number of carbonyl (C=O) groups is 1. The van der Waals surface area contributed by atoms with Crippen LogP contribution in [-0.2, 0) is 11.8 Å². The molecule has 0 bridgehead atoms. The van der Waals surface area contributed by atoms with Crippen molar-refractivity contribution in [1.82, 2.24) is 20.1 Å². The van der Waals surface area contributed by atoms with Crippen LogP contribution in [0.15, 0.2) is 61.1 Å². The maximum Gasteiger partial charge on any atom is 0.252 e. The summed E-state index contributed by atoms with van der Waals surface area (Å²) in [6.07, 6.45) is 4.63. The first-order valence-corrected chi connectivity index (χ1v) is 12.2. The van der Waals surface area contributed by atoms with Gasteiger partial charge in [-0.05, 0) is 47.7 Å². The molecule has 1 amide bonds. The van der Waals surface area contributed by atoms with Crippen LogP contribution in [-0.4, -0.2) is 46.1 Å². The molecule has 2 aromatic carbocycles. The lowest BCUT2D eigenvalue weighted by molar-refractivity contribution is 0.0285. The molecule has 1 aliphatic heterocycles. The highest BCUT2D eigenvalue weighted by atomic mass is 35.5. The van der Waals surface area contributed by atoms with Gasteiger partial charge in [-0.25, -0.2) is 9.37 Å². The fourth-order valence-corrected chi connectivity index (χ4v) is 4.61. The number of hydrogen-bond donors (Lipinski definition) is 2. The summed E-state index contributed by atoms with van der Waals surface area (Å²) in [6.45, 7) is 0.566. The van der Waals surface area contributed by atoms with E-state index in [0.29, 0.717) is 35.0 Å². The first-order chi connectivity index (χ1) is 17.9. The lowest BCUT2D eigenvalue weighted by atomic mass is 9.99. The van der Waals surface area contributed by atoms with Crippen molar-refractivity contribution in [1.29, 1.82) is 5.26 Å². The van der Waals surface area contributed by atoms with E-state index in [9.17, 15) is 14.4 Å². The van der Waals surface area contributed by atoms with E-state index in [-0.39, 0.29) is 18.6 Å². The zero-order valence-corrected chi connectivity index (χ0v) is 20.7. The molecule has 188 valence electrons. The van der Waals surface area contributed by atoms with Gasteiger partial charge in [0.25, 0.3) is 5.91 Å². The first kappa shape index (κ1) is 24.7. The second-order valence-corrected chi connectivity index (χ2v) is 9.37. The number of halogens is 2. The predicted octanol–water partition coefficient (Wildman–Crippen LogP) is 4.55. The summed E-state index contributed by atoms with van der Waals surface area (Å²) in [4.78, 5) is 17.8. The molecule has 0 unspecified atom stereocenters. The number of fused-ring (bicyclic) bond motifs is 1. The van der Waals surface area contributed by atoms with Crippen molar-refractivity contribution >= 4 is 34.1 Å². The van der Waals surface area contributed by atoms with Gasteiger partial charge in [0.2, 0.25) is 0 Å². The van der Waals surface area contributed by atoms with Gasteiger partial charge >= 0.3 is 0 Å². The zero-order chi connectivity index (χ0) is 25.9. The third kappa shape index (κ3) is 5.40. The molecule has 8 nitrogen and oxygen atoms in total. The highest BCUT2D eigenvalue weighted by molar-refractivity contribution is 6.31. The van der Waals surface area contributed by atoms with Gasteiger partial charge in [-0.1, -0.05) is 23.7 Å². The van der Waals surface area contributed by atoms with Gasteiger partial charge in [-0.3, -0.25) is 9.48 Å². The Kier molecular flexibility index (Phi) is 7.04. The van der Waals surface area contributed by atoms with E-state index in [1.807, 2.05) is 24.4 Å². The highest BCUT2D eigenvalue weighted by Gasteiger charge is 2.26. The zero-order valence-electron chi connectivity index (χ0n) is 20.0. The van der Waals surface area contributed by atoms with Crippen molar-refractivity contribution in [2.45, 2.75) is 24.7 Å². The number of nitrogens with zero attached hydrogens (tertiary/aromatic N) is 4. The average Bonchev–Trinajstić information content (AvgIpc) is 3.33. The minimum Gasteiger partial charge on any atom is -0.378 e. The van der Waals surface area contributed by atoms with Gasteiger partial charge in [0.1, 0.15) is 18.1 Å². The SMILES string of the molecule is Cn1cc([C@@H](NC(=O)c2ccc3cnc(N[C@H]4CCOC[C@H]4F)cc3c2)c2ccc(C#N)c(Cl)c2)cn1. The number of aryl methyl sites for hydroxylation is 1. The number of rotatable bonds is 6. The van der Waals surface area contributed by atoms with Crippen LogP contribution in [0.4, 0.5) is 10.2 Å². The van der Waals surface area contributed by atoms with Gasteiger partial charge < -0.3 is 15.4 Å². The van der Waals surface area contributed by atoms with Crippen molar-refractivity contribution in [3.63, 3.8) is 0 Å². The largest absolute Gasteiger partial charge is 0.378 e. The van der Waals surface area contributed by atoms with Crippen LogP contribution in [0.5, 0.6) is 0 Å². The topological polar surface area (TPSA) is 105 Å². The number of nitrogens with one attached hydrogen (secondary N) is 2. The molecule has 10 heteroatoms. The molecule has 1 saturated heterocycles. The Labute approximate surface area is 218 Å². The third-order valence-electron chi connectivity index (χ3n) is 6.38. The molecule has 3 atom stereocenters. The number of alkyl halides is 1. The molecule has 0 radical (unpaired) electrons. The van der Waals surface area contributed by atoms with Gasteiger partial charge in [-0.2, -0.15) is 10.4 Å². The minimum absolute atomic E-state index is 0.0676. The Morgan fingerprint density at radius 2 is 2.08 bits per heavy atom. The number of pyridine rings is 1. The van der Waals surface area contributed by atoms with Gasteiger partial charge in [0.15, 0.2) is 0 Å². The monoisotopic (exact) mass is 518 g/mol. The van der Waals surface area contributed by atoms with Crippen LogP contribution in [0.2, 0.25) is 5.02 Å². The predicted molar refractivity (Wildman–Crippen MR) is 138 cm³/mol. The van der Waals surface area contributed by atoms with Crippen molar-refractivity contribution in [2.75, 3.05) is 18.5 Å². The Morgan fingerprint density at radius 1 is 1.22 bits per heavy atom. The molecule has 2 N–H and O–H groups in total. The summed E-state index contributed by atoms with van der Waals surface area (Å²) >= 11 is 6.28. The number of carbonyl (C=O) groups excluding carboxylic acids is 1. The van der Waals surface area contributed by atoms with E-state index in [1.165, 1.54) is 0 Å². The summed E-state index contributed by atoms with van der Waals surface area (Å²) < 4.78 is 21.0. The Hall–Kier alpha value is -4.00. The number of ether oxygens (including phenoxy) is 1. The van der Waals surface area contributed by atoms with Gasteiger partial charge in [-0.15, -0.1) is 0 Å². The molecule has 2 aromatic heterocycles. The van der Waals surface area contributed by atoms with Crippen molar-refractivity contribution < 1.29 is 13.9 Å². The van der Waals surface area contributed by atoms with E-state index in [1.54, 1.807) is 54.5 Å². The van der Waals surface area contributed by atoms with Crippen LogP contribution in [0, 0.1) is 11.3 Å². The first-order valence-electron chi connectivity index (χ1n) is 11.8. The molecule has 5 rings (SSSR count). The summed E-state index contributed by atoms with van der Waals surface area (Å²) in [6, 6.07) is 13.4. The summed E-state index contributed by atoms with van der Waals surface area (Å²) in [5.74, 6) is 0.246. The van der Waals surface area contributed by atoms with Crippen molar-refractivity contribution in [3.8, 4) is 6.07 Å². The number of hydrogen-bond acceptors (Lipinski definition) is 6. The lowest BCUT2D eigenvalue weighted by Gasteiger charge is -2.27. The normalized spacial score (nSPS) is 18.2. The Bertz CT molecular complexity index is 1500. The Balaban J connectivity index is 1.41. The second-order valence-electron chi connectivity index (χ2n) is 8.97. The number of amides is 1. The van der Waals surface area contributed by atoms with E-state index in [0.717, 1.165) is 21.9 Å². The quantitative estimate of drug-likeness (QED) is 0.388. The molecule has 3 heterocycles. The molecule has 0 aliphatic carbocycles. The van der Waals surface area contributed by atoms with Gasteiger partial charge in [0.05, 0.1) is 35.5 Å². The third-order valence-corrected chi connectivity index (χ3v) is 6.70.